The van der Waals surface area contributed by atoms with Crippen molar-refractivity contribution in [3.05, 3.63) is 118 Å². The van der Waals surface area contributed by atoms with Gasteiger partial charge in [-0.25, -0.2) is 4.39 Å². The van der Waals surface area contributed by atoms with Crippen LogP contribution < -0.4 is 5.73 Å². The highest BCUT2D eigenvalue weighted by molar-refractivity contribution is 6.30. The van der Waals surface area contributed by atoms with E-state index in [1.54, 1.807) is 36.4 Å². The number of carbonyl (C=O) groups excluding carboxylic acids is 2. The van der Waals surface area contributed by atoms with Crippen molar-refractivity contribution >= 4 is 34.2 Å². The standard InChI is InChI=1S/C28H22ClFN2O2/c29-21-15-23-22(24(30)16-21)12-13-25(23)32(26(27(31)33)18-7-2-1-3-8-18)28(34)20-11-10-17-6-4-5-9-19(17)14-20/h1-11,14-16,25-26H,12-13H2,(H2,31,33)/t25-,26-/m1/s1. The number of halogens is 2. The number of primary amides is 1. The van der Waals surface area contributed by atoms with Crippen LogP contribution in [0.3, 0.4) is 0 Å². The highest BCUT2D eigenvalue weighted by Crippen LogP contribution is 2.43. The fourth-order valence-corrected chi connectivity index (χ4v) is 5.13. The van der Waals surface area contributed by atoms with Crippen molar-refractivity contribution < 1.29 is 14.0 Å². The molecule has 4 nitrogen and oxygen atoms in total. The maximum absolute atomic E-state index is 14.7. The summed E-state index contributed by atoms with van der Waals surface area (Å²) >= 11 is 6.18. The average molecular weight is 473 g/mol. The zero-order chi connectivity index (χ0) is 23.8. The summed E-state index contributed by atoms with van der Waals surface area (Å²) in [6, 6.07) is 23.5. The summed E-state index contributed by atoms with van der Waals surface area (Å²) in [6.45, 7) is 0. The Labute approximate surface area is 201 Å². The summed E-state index contributed by atoms with van der Waals surface area (Å²) < 4.78 is 14.7. The van der Waals surface area contributed by atoms with Crippen molar-refractivity contribution in [2.24, 2.45) is 5.73 Å². The minimum absolute atomic E-state index is 0.247. The second kappa shape index (κ2) is 8.92. The van der Waals surface area contributed by atoms with Gasteiger partial charge in [0.1, 0.15) is 11.9 Å². The number of amides is 2. The predicted octanol–water partition coefficient (Wildman–Crippen LogP) is 5.99. The van der Waals surface area contributed by atoms with Crippen molar-refractivity contribution in [2.45, 2.75) is 24.9 Å². The van der Waals surface area contributed by atoms with Crippen molar-refractivity contribution in [1.82, 2.24) is 4.90 Å². The average Bonchev–Trinajstić information content (AvgIpc) is 3.25. The number of benzene rings is 4. The van der Waals surface area contributed by atoms with Gasteiger partial charge in [-0.2, -0.15) is 0 Å². The third-order valence-corrected chi connectivity index (χ3v) is 6.67. The van der Waals surface area contributed by atoms with E-state index in [1.165, 1.54) is 11.0 Å². The molecule has 170 valence electrons. The third kappa shape index (κ3) is 3.93. The Bertz CT molecular complexity index is 1410. The molecule has 2 atom stereocenters. The smallest absolute Gasteiger partial charge is 0.255 e. The number of rotatable bonds is 5. The third-order valence-electron chi connectivity index (χ3n) is 6.45. The van der Waals surface area contributed by atoms with Crippen LogP contribution in [0.25, 0.3) is 10.8 Å². The molecule has 0 aromatic heterocycles. The molecule has 4 aromatic rings. The van der Waals surface area contributed by atoms with Crippen LogP contribution in [0.2, 0.25) is 5.02 Å². The molecule has 0 saturated carbocycles. The summed E-state index contributed by atoms with van der Waals surface area (Å²) in [7, 11) is 0. The molecule has 2 amide bonds. The quantitative estimate of drug-likeness (QED) is 0.388. The highest BCUT2D eigenvalue weighted by Gasteiger charge is 2.40. The Balaban J connectivity index is 1.67. The summed E-state index contributed by atoms with van der Waals surface area (Å²) in [4.78, 5) is 28.4. The molecule has 0 saturated heterocycles. The molecule has 0 radical (unpaired) electrons. The normalized spacial score (nSPS) is 15.6. The van der Waals surface area contributed by atoms with Crippen molar-refractivity contribution in [1.29, 1.82) is 0 Å². The molecule has 6 heteroatoms. The van der Waals surface area contributed by atoms with Gasteiger partial charge in [0.25, 0.3) is 5.91 Å². The fourth-order valence-electron chi connectivity index (χ4n) is 4.92. The van der Waals surface area contributed by atoms with Crippen LogP contribution in [0.1, 0.15) is 45.6 Å². The van der Waals surface area contributed by atoms with Crippen LogP contribution >= 0.6 is 11.6 Å². The van der Waals surface area contributed by atoms with Crippen LogP contribution in [0.5, 0.6) is 0 Å². The van der Waals surface area contributed by atoms with E-state index in [1.807, 2.05) is 42.5 Å². The summed E-state index contributed by atoms with van der Waals surface area (Å²) in [5.41, 5.74) is 8.04. The van der Waals surface area contributed by atoms with E-state index in [0.29, 0.717) is 35.1 Å². The van der Waals surface area contributed by atoms with E-state index < -0.39 is 23.8 Å². The zero-order valence-electron chi connectivity index (χ0n) is 18.2. The SMILES string of the molecule is NC(=O)[C@@H](c1ccccc1)N(C(=O)c1ccc2ccccc2c1)[C@@H]1CCc2c(F)cc(Cl)cc21. The van der Waals surface area contributed by atoms with E-state index in [9.17, 15) is 14.0 Å². The Morgan fingerprint density at radius 1 is 0.941 bits per heavy atom. The second-order valence-corrected chi connectivity index (χ2v) is 8.94. The van der Waals surface area contributed by atoms with E-state index >= 15 is 0 Å². The molecular formula is C28H22ClFN2O2. The first-order valence-electron chi connectivity index (χ1n) is 11.1. The highest BCUT2D eigenvalue weighted by atomic mass is 35.5. The molecule has 0 unspecified atom stereocenters. The van der Waals surface area contributed by atoms with Crippen LogP contribution in [-0.2, 0) is 11.2 Å². The maximum Gasteiger partial charge on any atom is 0.255 e. The van der Waals surface area contributed by atoms with Crippen molar-refractivity contribution in [2.75, 3.05) is 0 Å². The fraction of sp³-hybridized carbons (Fsp3) is 0.143. The van der Waals surface area contributed by atoms with Crippen LogP contribution in [-0.4, -0.2) is 16.7 Å². The Morgan fingerprint density at radius 3 is 2.38 bits per heavy atom. The summed E-state index contributed by atoms with van der Waals surface area (Å²) in [6.07, 6.45) is 0.896. The molecule has 34 heavy (non-hydrogen) atoms. The van der Waals surface area contributed by atoms with E-state index in [-0.39, 0.29) is 10.9 Å². The van der Waals surface area contributed by atoms with Gasteiger partial charge >= 0.3 is 0 Å². The predicted molar refractivity (Wildman–Crippen MR) is 131 cm³/mol. The lowest BCUT2D eigenvalue weighted by Crippen LogP contribution is -2.43. The Morgan fingerprint density at radius 2 is 1.65 bits per heavy atom. The zero-order valence-corrected chi connectivity index (χ0v) is 19.0. The molecule has 0 heterocycles. The topological polar surface area (TPSA) is 63.4 Å². The lowest BCUT2D eigenvalue weighted by Gasteiger charge is -2.36. The van der Waals surface area contributed by atoms with Crippen LogP contribution in [0.4, 0.5) is 4.39 Å². The molecular weight excluding hydrogens is 451 g/mol. The Hall–Kier alpha value is -3.70. The second-order valence-electron chi connectivity index (χ2n) is 8.50. The van der Waals surface area contributed by atoms with E-state index in [0.717, 1.165) is 10.8 Å². The van der Waals surface area contributed by atoms with Gasteiger partial charge in [-0.05, 0) is 64.6 Å². The van der Waals surface area contributed by atoms with Gasteiger partial charge in [-0.1, -0.05) is 72.3 Å². The first-order chi connectivity index (χ1) is 16.4. The summed E-state index contributed by atoms with van der Waals surface area (Å²) in [5, 5.41) is 2.15. The van der Waals surface area contributed by atoms with Gasteiger partial charge in [0.05, 0.1) is 6.04 Å². The monoisotopic (exact) mass is 472 g/mol. The van der Waals surface area contributed by atoms with E-state index in [2.05, 4.69) is 0 Å². The molecule has 5 rings (SSSR count). The number of hydrogen-bond acceptors (Lipinski definition) is 2. The number of carbonyl (C=O) groups is 2. The lowest BCUT2D eigenvalue weighted by molar-refractivity contribution is -0.123. The van der Waals surface area contributed by atoms with Gasteiger partial charge in [0.2, 0.25) is 5.91 Å². The minimum Gasteiger partial charge on any atom is -0.368 e. The molecule has 0 aliphatic heterocycles. The first kappa shape index (κ1) is 22.1. The molecule has 0 bridgehead atoms. The van der Waals surface area contributed by atoms with Crippen LogP contribution in [0.15, 0.2) is 84.9 Å². The van der Waals surface area contributed by atoms with Gasteiger partial charge in [0.15, 0.2) is 0 Å². The maximum atomic E-state index is 14.7. The molecule has 0 spiro atoms. The van der Waals surface area contributed by atoms with Crippen molar-refractivity contribution in [3.8, 4) is 0 Å². The largest absolute Gasteiger partial charge is 0.368 e. The molecule has 1 aliphatic carbocycles. The van der Waals surface area contributed by atoms with Gasteiger partial charge in [-0.15, -0.1) is 0 Å². The molecule has 0 fully saturated rings. The Kier molecular flexibility index (Phi) is 5.80. The van der Waals surface area contributed by atoms with Crippen LogP contribution in [0, 0.1) is 5.82 Å². The van der Waals surface area contributed by atoms with Gasteiger partial charge in [0, 0.05) is 10.6 Å². The first-order valence-corrected chi connectivity index (χ1v) is 11.5. The number of nitrogens with two attached hydrogens (primary N) is 1. The number of hydrogen-bond donors (Lipinski definition) is 1. The number of nitrogens with zero attached hydrogens (tertiary/aromatic N) is 1. The molecule has 4 aromatic carbocycles. The molecule has 1 aliphatic rings. The number of fused-ring (bicyclic) bond motifs is 2. The van der Waals surface area contributed by atoms with E-state index in [4.69, 9.17) is 17.3 Å². The lowest BCUT2D eigenvalue weighted by atomic mass is 9.97. The van der Waals surface area contributed by atoms with Gasteiger partial charge in [-0.3, -0.25) is 9.59 Å². The minimum atomic E-state index is -1.03. The van der Waals surface area contributed by atoms with Crippen molar-refractivity contribution in [3.63, 3.8) is 0 Å². The molecule has 2 N–H and O–H groups in total. The summed E-state index contributed by atoms with van der Waals surface area (Å²) in [5.74, 6) is -1.41. The van der Waals surface area contributed by atoms with Gasteiger partial charge < -0.3 is 10.6 Å².